The number of nitrogens with zero attached hydrogens (tertiary/aromatic N) is 6. The SMILES string of the molecule is Nc1nc(Cl)cc(-c2nn(C(F)F)cc2Cc2cc(COc3ncccn3)ccc2C2CC2)n1. The molecule has 1 aliphatic rings. The van der Waals surface area contributed by atoms with E-state index in [0.717, 1.165) is 24.0 Å². The lowest BCUT2D eigenvalue weighted by atomic mass is 9.94. The van der Waals surface area contributed by atoms with E-state index < -0.39 is 6.55 Å². The highest BCUT2D eigenvalue weighted by molar-refractivity contribution is 6.29. The molecule has 0 unspecified atom stereocenters. The molecule has 0 bridgehead atoms. The van der Waals surface area contributed by atoms with E-state index in [2.05, 4.69) is 31.1 Å². The number of anilines is 1. The van der Waals surface area contributed by atoms with E-state index in [9.17, 15) is 8.78 Å². The Bertz CT molecular complexity index is 1290. The highest BCUT2D eigenvalue weighted by atomic mass is 35.5. The van der Waals surface area contributed by atoms with Crippen LogP contribution in [0.25, 0.3) is 11.4 Å². The van der Waals surface area contributed by atoms with Gasteiger partial charge in [0.05, 0.1) is 5.69 Å². The molecule has 0 aliphatic heterocycles. The fourth-order valence-electron chi connectivity index (χ4n) is 3.84. The molecule has 34 heavy (non-hydrogen) atoms. The van der Waals surface area contributed by atoms with Gasteiger partial charge in [0.1, 0.15) is 17.5 Å². The fourth-order valence-corrected chi connectivity index (χ4v) is 4.03. The summed E-state index contributed by atoms with van der Waals surface area (Å²) in [6.07, 6.45) is 7.13. The Morgan fingerprint density at radius 2 is 1.91 bits per heavy atom. The van der Waals surface area contributed by atoms with Gasteiger partial charge in [-0.15, -0.1) is 0 Å². The van der Waals surface area contributed by atoms with E-state index in [0.29, 0.717) is 28.3 Å². The van der Waals surface area contributed by atoms with Gasteiger partial charge in [-0.05, 0) is 41.5 Å². The van der Waals surface area contributed by atoms with Crippen LogP contribution in [0.2, 0.25) is 5.15 Å². The Morgan fingerprint density at radius 1 is 1.12 bits per heavy atom. The number of hydrogen-bond donors (Lipinski definition) is 1. The summed E-state index contributed by atoms with van der Waals surface area (Å²) in [5, 5.41) is 4.18. The molecular weight excluding hydrogens is 464 g/mol. The summed E-state index contributed by atoms with van der Waals surface area (Å²) >= 11 is 6.03. The van der Waals surface area contributed by atoms with Gasteiger partial charge in [-0.3, -0.25) is 0 Å². The number of rotatable bonds is 8. The van der Waals surface area contributed by atoms with Crippen LogP contribution in [0.5, 0.6) is 6.01 Å². The van der Waals surface area contributed by atoms with Crippen molar-refractivity contribution in [3.8, 4) is 17.4 Å². The van der Waals surface area contributed by atoms with E-state index in [1.54, 1.807) is 18.5 Å². The Kier molecular flexibility index (Phi) is 6.06. The van der Waals surface area contributed by atoms with Crippen molar-refractivity contribution in [1.82, 2.24) is 29.7 Å². The number of alkyl halides is 2. The summed E-state index contributed by atoms with van der Waals surface area (Å²) in [7, 11) is 0. The lowest BCUT2D eigenvalue weighted by Crippen LogP contribution is -2.02. The standard InChI is InChI=1S/C23H20ClF2N7O/c24-19-10-18(30-22(27)31-19)20-16(11-33(32-20)21(25)26)9-15-8-13(2-5-17(15)14-3-4-14)12-34-23-28-6-1-7-29-23/h1-2,5-8,10-11,14,21H,3-4,9,12H2,(H2,27,30,31). The average Bonchev–Trinajstić information content (AvgIpc) is 3.57. The molecule has 174 valence electrons. The summed E-state index contributed by atoms with van der Waals surface area (Å²) in [6.45, 7) is -2.51. The molecule has 0 atom stereocenters. The monoisotopic (exact) mass is 483 g/mol. The predicted octanol–water partition coefficient (Wildman–Crippen LogP) is 4.81. The van der Waals surface area contributed by atoms with E-state index in [4.69, 9.17) is 22.1 Å². The second-order valence-corrected chi connectivity index (χ2v) is 8.39. The van der Waals surface area contributed by atoms with Crippen LogP contribution in [0.3, 0.4) is 0 Å². The summed E-state index contributed by atoms with van der Waals surface area (Å²) in [5.74, 6) is 0.404. The number of ether oxygens (including phenoxy) is 1. The van der Waals surface area contributed by atoms with Crippen molar-refractivity contribution in [2.45, 2.75) is 38.3 Å². The second-order valence-electron chi connectivity index (χ2n) is 8.00. The van der Waals surface area contributed by atoms with Gasteiger partial charge < -0.3 is 10.5 Å². The number of nitrogen functional groups attached to an aromatic ring is 1. The molecule has 11 heteroatoms. The van der Waals surface area contributed by atoms with Gasteiger partial charge in [0.2, 0.25) is 5.95 Å². The predicted molar refractivity (Wildman–Crippen MR) is 122 cm³/mol. The molecule has 0 saturated heterocycles. The highest BCUT2D eigenvalue weighted by Crippen LogP contribution is 2.43. The Hall–Kier alpha value is -3.66. The summed E-state index contributed by atoms with van der Waals surface area (Å²) in [6, 6.07) is 9.58. The van der Waals surface area contributed by atoms with Crippen LogP contribution in [-0.4, -0.2) is 29.7 Å². The smallest absolute Gasteiger partial charge is 0.333 e. The molecule has 5 rings (SSSR count). The zero-order valence-corrected chi connectivity index (χ0v) is 18.7. The molecule has 3 aromatic heterocycles. The third kappa shape index (κ3) is 4.96. The first-order valence-corrected chi connectivity index (χ1v) is 11.0. The molecule has 1 fully saturated rings. The van der Waals surface area contributed by atoms with Crippen molar-refractivity contribution in [2.24, 2.45) is 0 Å². The van der Waals surface area contributed by atoms with Gasteiger partial charge in [-0.2, -0.15) is 13.9 Å². The summed E-state index contributed by atoms with van der Waals surface area (Å²) in [4.78, 5) is 16.1. The topological polar surface area (TPSA) is 105 Å². The van der Waals surface area contributed by atoms with Gasteiger partial charge in [-0.25, -0.2) is 24.6 Å². The van der Waals surface area contributed by atoms with Gasteiger partial charge in [0.25, 0.3) is 0 Å². The number of halogens is 3. The molecule has 1 aromatic carbocycles. The first-order valence-electron chi connectivity index (χ1n) is 10.6. The molecule has 4 aromatic rings. The Balaban J connectivity index is 1.49. The van der Waals surface area contributed by atoms with Crippen LogP contribution >= 0.6 is 11.6 Å². The normalized spacial score (nSPS) is 13.4. The quantitative estimate of drug-likeness (QED) is 0.358. The average molecular weight is 484 g/mol. The maximum atomic E-state index is 13.5. The molecule has 0 spiro atoms. The second kappa shape index (κ2) is 9.30. The first kappa shape index (κ1) is 22.1. The van der Waals surface area contributed by atoms with Crippen molar-refractivity contribution in [3.63, 3.8) is 0 Å². The number of benzene rings is 1. The van der Waals surface area contributed by atoms with E-state index in [1.165, 1.54) is 17.8 Å². The Morgan fingerprint density at radius 3 is 2.62 bits per heavy atom. The molecule has 0 amide bonds. The van der Waals surface area contributed by atoms with Crippen LogP contribution < -0.4 is 10.5 Å². The third-order valence-electron chi connectivity index (χ3n) is 5.48. The van der Waals surface area contributed by atoms with Gasteiger partial charge in [-0.1, -0.05) is 29.8 Å². The van der Waals surface area contributed by atoms with E-state index in [1.807, 2.05) is 12.1 Å². The van der Waals surface area contributed by atoms with Crippen LogP contribution in [0.15, 0.2) is 48.9 Å². The van der Waals surface area contributed by atoms with Gasteiger partial charge >= 0.3 is 12.6 Å². The van der Waals surface area contributed by atoms with Crippen molar-refractivity contribution in [3.05, 3.63) is 76.3 Å². The van der Waals surface area contributed by atoms with Gasteiger partial charge in [0, 0.05) is 36.6 Å². The molecule has 1 saturated carbocycles. The highest BCUT2D eigenvalue weighted by Gasteiger charge is 2.27. The zero-order valence-electron chi connectivity index (χ0n) is 17.9. The summed E-state index contributed by atoms with van der Waals surface area (Å²) < 4.78 is 33.3. The van der Waals surface area contributed by atoms with Crippen molar-refractivity contribution >= 4 is 17.5 Å². The largest absolute Gasteiger partial charge is 0.459 e. The lowest BCUT2D eigenvalue weighted by Gasteiger charge is -2.12. The Labute approximate surface area is 198 Å². The molecular formula is C23H20ClF2N7O. The first-order chi connectivity index (χ1) is 16.5. The number of hydrogen-bond acceptors (Lipinski definition) is 7. The molecule has 3 heterocycles. The lowest BCUT2D eigenvalue weighted by molar-refractivity contribution is 0.0567. The van der Waals surface area contributed by atoms with Crippen molar-refractivity contribution < 1.29 is 13.5 Å². The van der Waals surface area contributed by atoms with Crippen molar-refractivity contribution in [2.75, 3.05) is 5.73 Å². The van der Waals surface area contributed by atoms with E-state index in [-0.39, 0.29) is 29.4 Å². The van der Waals surface area contributed by atoms with Crippen molar-refractivity contribution in [1.29, 1.82) is 0 Å². The number of aromatic nitrogens is 6. The van der Waals surface area contributed by atoms with E-state index >= 15 is 0 Å². The molecule has 1 aliphatic carbocycles. The molecule has 2 N–H and O–H groups in total. The minimum absolute atomic E-state index is 0.0546. The number of nitrogens with two attached hydrogens (primary N) is 1. The van der Waals surface area contributed by atoms with Crippen LogP contribution in [-0.2, 0) is 13.0 Å². The molecule has 8 nitrogen and oxygen atoms in total. The zero-order chi connectivity index (χ0) is 23.7. The minimum atomic E-state index is -2.80. The molecule has 0 radical (unpaired) electrons. The maximum absolute atomic E-state index is 13.5. The van der Waals surface area contributed by atoms with Crippen LogP contribution in [0, 0.1) is 0 Å². The minimum Gasteiger partial charge on any atom is -0.459 e. The third-order valence-corrected chi connectivity index (χ3v) is 5.67. The maximum Gasteiger partial charge on any atom is 0.333 e. The van der Waals surface area contributed by atoms with Crippen LogP contribution in [0.1, 0.15) is 47.6 Å². The fraction of sp³-hybridized carbons (Fsp3) is 0.261. The van der Waals surface area contributed by atoms with Crippen LogP contribution in [0.4, 0.5) is 14.7 Å². The van der Waals surface area contributed by atoms with Gasteiger partial charge in [0.15, 0.2) is 0 Å². The summed E-state index contributed by atoms with van der Waals surface area (Å²) in [5.41, 5.74) is 10.0.